The van der Waals surface area contributed by atoms with Crippen LogP contribution in [0.4, 0.5) is 17.1 Å². The zero-order chi connectivity index (χ0) is 22.0. The molecule has 0 aliphatic carbocycles. The molecule has 0 heterocycles. The van der Waals surface area contributed by atoms with Gasteiger partial charge in [0, 0.05) is 11.6 Å². The van der Waals surface area contributed by atoms with Crippen LogP contribution in [0, 0.1) is 20.2 Å². The molecule has 154 valence electrons. The van der Waals surface area contributed by atoms with E-state index in [-0.39, 0.29) is 11.3 Å². The average molecular weight is 446 g/mol. The first-order chi connectivity index (χ1) is 13.3. The van der Waals surface area contributed by atoms with Crippen molar-refractivity contribution in [2.75, 3.05) is 5.43 Å². The third-order valence-electron chi connectivity index (χ3n) is 3.34. The topological polar surface area (TPSA) is 219 Å². The largest absolute Gasteiger partial charge is 0.301 e. The average Bonchev–Trinajstić information content (AvgIpc) is 2.60. The second-order valence-electron chi connectivity index (χ2n) is 5.24. The first kappa shape index (κ1) is 21.8. The van der Waals surface area contributed by atoms with E-state index in [1.807, 2.05) is 0 Å². The lowest BCUT2D eigenvalue weighted by Crippen LogP contribution is -2.07. The number of nitro benzene ring substituents is 2. The molecule has 0 aliphatic heterocycles. The van der Waals surface area contributed by atoms with Gasteiger partial charge in [-0.2, -0.15) is 21.9 Å². The van der Waals surface area contributed by atoms with Crippen LogP contribution in [0.1, 0.15) is 5.56 Å². The number of hydrogen-bond acceptors (Lipinski definition) is 10. The number of nitrogens with one attached hydrogen (secondary N) is 1. The first-order valence-electron chi connectivity index (χ1n) is 7.11. The fraction of sp³-hybridized carbons (Fsp3) is 0. The number of anilines is 1. The third-order valence-corrected chi connectivity index (χ3v) is 5.10. The van der Waals surface area contributed by atoms with E-state index in [0.29, 0.717) is 12.1 Å². The fourth-order valence-electron chi connectivity index (χ4n) is 2.06. The van der Waals surface area contributed by atoms with Gasteiger partial charge in [-0.1, -0.05) is 6.07 Å². The van der Waals surface area contributed by atoms with Crippen LogP contribution in [0.25, 0.3) is 0 Å². The zero-order valence-corrected chi connectivity index (χ0v) is 15.5. The lowest BCUT2D eigenvalue weighted by atomic mass is 10.2. The van der Waals surface area contributed by atoms with Crippen molar-refractivity contribution < 1.29 is 35.8 Å². The second-order valence-corrected chi connectivity index (χ2v) is 8.05. The van der Waals surface area contributed by atoms with E-state index < -0.39 is 51.2 Å². The number of hydrogen-bond donors (Lipinski definition) is 3. The summed E-state index contributed by atoms with van der Waals surface area (Å²) in [5, 5.41) is 25.3. The minimum Gasteiger partial charge on any atom is -0.282 e. The molecule has 16 heteroatoms. The minimum atomic E-state index is -4.93. The van der Waals surface area contributed by atoms with Crippen LogP contribution < -0.4 is 5.43 Å². The number of rotatable bonds is 7. The van der Waals surface area contributed by atoms with Gasteiger partial charge in [0.25, 0.3) is 25.9 Å². The van der Waals surface area contributed by atoms with E-state index in [1.54, 1.807) is 0 Å². The molecule has 0 aromatic heterocycles. The molecule has 0 spiro atoms. The van der Waals surface area contributed by atoms with Gasteiger partial charge in [0.1, 0.15) is 10.6 Å². The molecule has 0 unspecified atom stereocenters. The summed E-state index contributed by atoms with van der Waals surface area (Å²) in [6.07, 6.45) is 0.794. The molecule has 0 aliphatic rings. The van der Waals surface area contributed by atoms with Crippen LogP contribution in [0.2, 0.25) is 0 Å². The maximum atomic E-state index is 11.5. The molecule has 0 saturated carbocycles. The highest BCUT2D eigenvalue weighted by atomic mass is 32.2. The summed E-state index contributed by atoms with van der Waals surface area (Å²) in [5.41, 5.74) is 0.380. The van der Waals surface area contributed by atoms with Gasteiger partial charge in [-0.3, -0.25) is 34.8 Å². The summed E-state index contributed by atoms with van der Waals surface area (Å²) < 4.78 is 63.4. The Morgan fingerprint density at radius 3 is 2.10 bits per heavy atom. The Kier molecular flexibility index (Phi) is 5.93. The van der Waals surface area contributed by atoms with Gasteiger partial charge in [-0.05, 0) is 18.2 Å². The Balaban J connectivity index is 2.43. The van der Waals surface area contributed by atoms with Crippen molar-refractivity contribution in [2.45, 2.75) is 9.79 Å². The minimum absolute atomic E-state index is 0.264. The Labute approximate surface area is 162 Å². The van der Waals surface area contributed by atoms with E-state index in [4.69, 9.17) is 4.55 Å². The molecule has 14 nitrogen and oxygen atoms in total. The predicted octanol–water partition coefficient (Wildman–Crippen LogP) is 1.44. The van der Waals surface area contributed by atoms with Crippen molar-refractivity contribution in [3.63, 3.8) is 0 Å². The van der Waals surface area contributed by atoms with Crippen LogP contribution in [-0.4, -0.2) is 42.0 Å². The maximum Gasteiger partial charge on any atom is 0.301 e. The highest BCUT2D eigenvalue weighted by Crippen LogP contribution is 2.29. The summed E-state index contributed by atoms with van der Waals surface area (Å²) in [7, 11) is -9.68. The van der Waals surface area contributed by atoms with Crippen molar-refractivity contribution in [2.24, 2.45) is 5.10 Å². The molecule has 29 heavy (non-hydrogen) atoms. The van der Waals surface area contributed by atoms with Gasteiger partial charge in [0.2, 0.25) is 0 Å². The Bertz CT molecular complexity index is 1240. The van der Waals surface area contributed by atoms with Crippen LogP contribution >= 0.6 is 0 Å². The smallest absolute Gasteiger partial charge is 0.282 e. The fourth-order valence-corrected chi connectivity index (χ4v) is 3.33. The van der Waals surface area contributed by atoms with Crippen molar-refractivity contribution in [1.82, 2.24) is 0 Å². The van der Waals surface area contributed by atoms with Crippen LogP contribution in [0.15, 0.2) is 51.3 Å². The number of nitrogens with zero attached hydrogens (tertiary/aromatic N) is 3. The van der Waals surface area contributed by atoms with Crippen LogP contribution in [0.5, 0.6) is 0 Å². The van der Waals surface area contributed by atoms with Crippen LogP contribution in [-0.2, 0) is 20.2 Å². The highest BCUT2D eigenvalue weighted by molar-refractivity contribution is 7.86. The summed E-state index contributed by atoms with van der Waals surface area (Å²) >= 11 is 0. The summed E-state index contributed by atoms with van der Waals surface area (Å²) in [5.74, 6) is 0. The van der Waals surface area contributed by atoms with Gasteiger partial charge in [0.15, 0.2) is 0 Å². The first-order valence-corrected chi connectivity index (χ1v) is 9.99. The van der Waals surface area contributed by atoms with E-state index in [1.165, 1.54) is 0 Å². The monoisotopic (exact) mass is 446 g/mol. The molecule has 2 aromatic rings. The lowest BCUT2D eigenvalue weighted by Gasteiger charge is -2.05. The molecular weight excluding hydrogens is 436 g/mol. The third kappa shape index (κ3) is 5.29. The zero-order valence-electron chi connectivity index (χ0n) is 13.9. The number of hydrazone groups is 1. The van der Waals surface area contributed by atoms with Gasteiger partial charge in [-0.15, -0.1) is 0 Å². The summed E-state index contributed by atoms with van der Waals surface area (Å²) in [6, 6.07) is 4.87. The number of benzene rings is 2. The molecular formula is C13H10N4O10S2. The second kappa shape index (κ2) is 7.87. The molecule has 0 radical (unpaired) electrons. The Hall–Kier alpha value is -3.47. The Morgan fingerprint density at radius 1 is 0.931 bits per heavy atom. The molecule has 3 N–H and O–H groups in total. The van der Waals surface area contributed by atoms with E-state index in [0.717, 1.165) is 30.5 Å². The molecule has 0 saturated heterocycles. The van der Waals surface area contributed by atoms with Crippen LogP contribution in [0.3, 0.4) is 0 Å². The van der Waals surface area contributed by atoms with E-state index in [9.17, 15) is 41.6 Å². The molecule has 2 aromatic carbocycles. The Morgan fingerprint density at radius 2 is 1.59 bits per heavy atom. The maximum absolute atomic E-state index is 11.5. The van der Waals surface area contributed by atoms with Crippen molar-refractivity contribution >= 4 is 43.5 Å². The van der Waals surface area contributed by atoms with Gasteiger partial charge >= 0.3 is 5.69 Å². The standard InChI is InChI=1S/C13H10N4O10S2/c18-16(19)9-2-4-11(12(5-9)17(20)21)15-14-7-8-1-3-10(28(22,23)24)6-13(8)29(25,26)27/h1-7,15H,(H,22,23,24)(H,25,26,27)/b14-7+. The van der Waals surface area contributed by atoms with Crippen molar-refractivity contribution in [3.8, 4) is 0 Å². The number of non-ortho nitro benzene ring substituents is 1. The van der Waals surface area contributed by atoms with Gasteiger partial charge < -0.3 is 0 Å². The predicted molar refractivity (Wildman–Crippen MR) is 97.0 cm³/mol. The normalized spacial score (nSPS) is 12.1. The lowest BCUT2D eigenvalue weighted by molar-refractivity contribution is -0.393. The molecule has 2 rings (SSSR count). The van der Waals surface area contributed by atoms with E-state index >= 15 is 0 Å². The van der Waals surface area contributed by atoms with Gasteiger partial charge in [-0.25, -0.2) is 0 Å². The molecule has 0 fully saturated rings. The highest BCUT2D eigenvalue weighted by Gasteiger charge is 2.21. The van der Waals surface area contributed by atoms with Crippen molar-refractivity contribution in [1.29, 1.82) is 0 Å². The summed E-state index contributed by atoms with van der Waals surface area (Å²) in [4.78, 5) is 18.3. The SMILES string of the molecule is O=[N+]([O-])c1ccc(N/N=C/c2ccc(S(=O)(=O)O)cc2S(=O)(=O)O)c([N+](=O)[O-])c1. The summed E-state index contributed by atoms with van der Waals surface area (Å²) in [6.45, 7) is 0. The molecule has 0 bridgehead atoms. The quantitative estimate of drug-likeness (QED) is 0.239. The van der Waals surface area contributed by atoms with Gasteiger partial charge in [0.05, 0.1) is 27.0 Å². The van der Waals surface area contributed by atoms with E-state index in [2.05, 4.69) is 10.5 Å². The number of nitro groups is 2. The molecule has 0 amide bonds. The molecule has 0 atom stereocenters. The van der Waals surface area contributed by atoms with Crippen molar-refractivity contribution in [3.05, 3.63) is 62.2 Å².